The zero-order chi connectivity index (χ0) is 20.5. The Labute approximate surface area is 173 Å². The van der Waals surface area contributed by atoms with Gasteiger partial charge in [-0.25, -0.2) is 0 Å². The monoisotopic (exact) mass is 406 g/mol. The number of hydrogen-bond acceptors (Lipinski definition) is 6. The van der Waals surface area contributed by atoms with Gasteiger partial charge in [-0.2, -0.15) is 0 Å². The molecule has 162 valence electrons. The van der Waals surface area contributed by atoms with Crippen molar-refractivity contribution in [2.75, 3.05) is 66.3 Å². The summed E-state index contributed by atoms with van der Waals surface area (Å²) >= 11 is 0. The number of benzene rings is 1. The fraction of sp³-hybridized carbons (Fsp3) is 0.682. The summed E-state index contributed by atoms with van der Waals surface area (Å²) in [6.45, 7) is 8.89. The van der Waals surface area contributed by atoms with E-state index < -0.39 is 0 Å². The van der Waals surface area contributed by atoms with Gasteiger partial charge >= 0.3 is 0 Å². The minimum Gasteiger partial charge on any atom is -0.493 e. The van der Waals surface area contributed by atoms with Gasteiger partial charge in [-0.15, -0.1) is 0 Å². The Bertz CT molecular complexity index is 644. The third kappa shape index (κ3) is 6.00. The number of hydrogen-bond donors (Lipinski definition) is 0. The van der Waals surface area contributed by atoms with Crippen LogP contribution in [0.25, 0.3) is 0 Å². The second-order valence-corrected chi connectivity index (χ2v) is 7.51. The van der Waals surface area contributed by atoms with Crippen molar-refractivity contribution < 1.29 is 23.7 Å². The number of ether oxygens (including phenoxy) is 4. The average molecular weight is 407 g/mol. The molecule has 0 N–H and O–H groups in total. The lowest BCUT2D eigenvalue weighted by Gasteiger charge is -2.30. The molecule has 2 aliphatic rings. The second-order valence-electron chi connectivity index (χ2n) is 7.51. The van der Waals surface area contributed by atoms with Crippen molar-refractivity contribution in [2.45, 2.75) is 32.6 Å². The second kappa shape index (κ2) is 11.3. The molecule has 0 bridgehead atoms. The summed E-state index contributed by atoms with van der Waals surface area (Å²) in [5.74, 6) is 1.73. The molecular weight excluding hydrogens is 372 g/mol. The van der Waals surface area contributed by atoms with Crippen LogP contribution >= 0.6 is 0 Å². The van der Waals surface area contributed by atoms with Crippen LogP contribution < -0.4 is 14.2 Å². The number of nitrogens with zero attached hydrogens (tertiary/aromatic N) is 2. The molecule has 0 aliphatic carbocycles. The summed E-state index contributed by atoms with van der Waals surface area (Å²) in [5, 5.41) is 0. The van der Waals surface area contributed by atoms with E-state index in [1.54, 1.807) is 19.2 Å². The summed E-state index contributed by atoms with van der Waals surface area (Å²) < 4.78 is 22.3. The molecule has 0 atom stereocenters. The number of amides is 1. The van der Waals surface area contributed by atoms with E-state index >= 15 is 0 Å². The Hall–Kier alpha value is -1.99. The van der Waals surface area contributed by atoms with E-state index in [9.17, 15) is 4.79 Å². The lowest BCUT2D eigenvalue weighted by Crippen LogP contribution is -2.43. The minimum absolute atomic E-state index is 0.0185. The molecule has 0 spiro atoms. The average Bonchev–Trinajstić information content (AvgIpc) is 2.78. The maximum Gasteiger partial charge on any atom is 0.254 e. The van der Waals surface area contributed by atoms with Crippen LogP contribution in [0.3, 0.4) is 0 Å². The first-order valence-corrected chi connectivity index (χ1v) is 10.8. The van der Waals surface area contributed by atoms with Gasteiger partial charge in [0.1, 0.15) is 13.2 Å². The molecule has 2 heterocycles. The van der Waals surface area contributed by atoms with Gasteiger partial charge in [0.05, 0.1) is 20.3 Å². The van der Waals surface area contributed by atoms with Crippen molar-refractivity contribution in [3.05, 3.63) is 17.7 Å². The number of carbonyl (C=O) groups excluding carboxylic acids is 1. The van der Waals surface area contributed by atoms with Crippen LogP contribution in [-0.4, -0.2) is 82.0 Å². The molecule has 3 rings (SSSR count). The maximum absolute atomic E-state index is 13.4. The fourth-order valence-electron chi connectivity index (χ4n) is 3.71. The van der Waals surface area contributed by atoms with Gasteiger partial charge in [-0.05, 0) is 18.6 Å². The Kier molecular flexibility index (Phi) is 8.43. The highest BCUT2D eigenvalue weighted by molar-refractivity contribution is 5.95. The first kappa shape index (κ1) is 21.7. The van der Waals surface area contributed by atoms with Crippen LogP contribution in [0, 0.1) is 0 Å². The van der Waals surface area contributed by atoms with Crippen LogP contribution in [0.4, 0.5) is 0 Å². The van der Waals surface area contributed by atoms with Gasteiger partial charge < -0.3 is 23.8 Å². The first-order valence-electron chi connectivity index (χ1n) is 10.8. The van der Waals surface area contributed by atoms with E-state index in [0.29, 0.717) is 42.6 Å². The van der Waals surface area contributed by atoms with Crippen molar-refractivity contribution in [1.29, 1.82) is 0 Å². The molecule has 0 aromatic heterocycles. The van der Waals surface area contributed by atoms with Crippen LogP contribution in [0.5, 0.6) is 17.2 Å². The normalized spacial score (nSPS) is 16.5. The topological polar surface area (TPSA) is 60.5 Å². The summed E-state index contributed by atoms with van der Waals surface area (Å²) in [6.07, 6.45) is 4.54. The van der Waals surface area contributed by atoms with Gasteiger partial charge in [0.2, 0.25) is 5.75 Å². The van der Waals surface area contributed by atoms with E-state index in [-0.39, 0.29) is 5.91 Å². The first-order chi connectivity index (χ1) is 14.2. The Morgan fingerprint density at radius 1 is 1.07 bits per heavy atom. The lowest BCUT2D eigenvalue weighted by molar-refractivity contribution is 0.0324. The van der Waals surface area contributed by atoms with Crippen molar-refractivity contribution in [3.63, 3.8) is 0 Å². The molecule has 1 aromatic carbocycles. The van der Waals surface area contributed by atoms with Crippen molar-refractivity contribution in [2.24, 2.45) is 0 Å². The Morgan fingerprint density at radius 2 is 1.86 bits per heavy atom. The molecule has 1 saturated heterocycles. The van der Waals surface area contributed by atoms with Gasteiger partial charge in [0.15, 0.2) is 11.5 Å². The Balaban J connectivity index is 1.71. The van der Waals surface area contributed by atoms with E-state index in [0.717, 1.165) is 52.2 Å². The SMILES string of the molecule is CCCCCCN(CCN1CCOCC1)C(=O)c1cc(OC)c2c(c1)OCCO2. The minimum atomic E-state index is 0.0185. The number of methoxy groups -OCH3 is 1. The molecule has 7 heteroatoms. The molecule has 1 aromatic rings. The molecule has 0 unspecified atom stereocenters. The molecular formula is C22H34N2O5. The van der Waals surface area contributed by atoms with Crippen LogP contribution in [-0.2, 0) is 4.74 Å². The number of carbonyl (C=O) groups is 1. The van der Waals surface area contributed by atoms with Crippen molar-refractivity contribution in [1.82, 2.24) is 9.80 Å². The quantitative estimate of drug-likeness (QED) is 0.557. The standard InChI is InChI=1S/C22H34N2O5/c1-3-4-5-6-7-24(9-8-23-10-12-27-13-11-23)22(25)18-16-19(26-2)21-20(17-18)28-14-15-29-21/h16-17H,3-15H2,1-2H3. The van der Waals surface area contributed by atoms with Gasteiger partial charge in [-0.1, -0.05) is 26.2 Å². The van der Waals surface area contributed by atoms with E-state index in [2.05, 4.69) is 11.8 Å². The third-order valence-corrected chi connectivity index (χ3v) is 5.43. The molecule has 7 nitrogen and oxygen atoms in total. The highest BCUT2D eigenvalue weighted by Crippen LogP contribution is 2.40. The van der Waals surface area contributed by atoms with E-state index in [1.165, 1.54) is 12.8 Å². The van der Waals surface area contributed by atoms with Gasteiger partial charge in [0, 0.05) is 38.3 Å². The summed E-state index contributed by atoms with van der Waals surface area (Å²) in [6, 6.07) is 3.55. The number of morpholine rings is 1. The molecule has 0 saturated carbocycles. The zero-order valence-electron chi connectivity index (χ0n) is 17.8. The summed E-state index contributed by atoms with van der Waals surface area (Å²) in [7, 11) is 1.59. The Morgan fingerprint density at radius 3 is 2.62 bits per heavy atom. The predicted molar refractivity (Wildman–Crippen MR) is 111 cm³/mol. The van der Waals surface area contributed by atoms with Crippen LogP contribution in [0.15, 0.2) is 12.1 Å². The van der Waals surface area contributed by atoms with E-state index in [1.807, 2.05) is 4.90 Å². The highest BCUT2D eigenvalue weighted by atomic mass is 16.6. The smallest absolute Gasteiger partial charge is 0.254 e. The van der Waals surface area contributed by atoms with Gasteiger partial charge in [-0.3, -0.25) is 9.69 Å². The maximum atomic E-state index is 13.4. The highest BCUT2D eigenvalue weighted by Gasteiger charge is 2.24. The van der Waals surface area contributed by atoms with Crippen LogP contribution in [0.1, 0.15) is 43.0 Å². The van der Waals surface area contributed by atoms with Gasteiger partial charge in [0.25, 0.3) is 5.91 Å². The number of fused-ring (bicyclic) bond motifs is 1. The molecule has 1 amide bonds. The summed E-state index contributed by atoms with van der Waals surface area (Å²) in [4.78, 5) is 17.7. The molecule has 29 heavy (non-hydrogen) atoms. The number of rotatable bonds is 10. The van der Waals surface area contributed by atoms with Crippen LogP contribution in [0.2, 0.25) is 0 Å². The van der Waals surface area contributed by atoms with E-state index in [4.69, 9.17) is 18.9 Å². The van der Waals surface area contributed by atoms with Crippen molar-refractivity contribution in [3.8, 4) is 17.2 Å². The predicted octanol–water partition coefficient (Wildman–Crippen LogP) is 2.82. The van der Waals surface area contributed by atoms with Crippen molar-refractivity contribution >= 4 is 5.91 Å². The molecule has 2 aliphatic heterocycles. The lowest BCUT2D eigenvalue weighted by atomic mass is 10.1. The number of unbranched alkanes of at least 4 members (excludes halogenated alkanes) is 3. The zero-order valence-corrected chi connectivity index (χ0v) is 17.8. The third-order valence-electron chi connectivity index (χ3n) is 5.43. The fourth-order valence-corrected chi connectivity index (χ4v) is 3.71. The molecule has 1 fully saturated rings. The largest absolute Gasteiger partial charge is 0.493 e. The molecule has 0 radical (unpaired) electrons. The summed E-state index contributed by atoms with van der Waals surface area (Å²) in [5.41, 5.74) is 0.587.